The van der Waals surface area contributed by atoms with Crippen molar-refractivity contribution in [3.05, 3.63) is 29.0 Å². The van der Waals surface area contributed by atoms with Crippen molar-refractivity contribution in [2.75, 3.05) is 0 Å². The summed E-state index contributed by atoms with van der Waals surface area (Å²) in [5, 5.41) is -0.0613. The Bertz CT molecular complexity index is 312. The third-order valence-electron chi connectivity index (χ3n) is 1.15. The summed E-state index contributed by atoms with van der Waals surface area (Å²) in [5.41, 5.74) is 0. The molecule has 0 unspecified atom stereocenters. The molecule has 0 radical (unpaired) electrons. The van der Waals surface area contributed by atoms with Crippen LogP contribution in [-0.4, -0.2) is 5.97 Å². The first-order valence-electron chi connectivity index (χ1n) is 3.23. The third kappa shape index (κ3) is 2.20. The van der Waals surface area contributed by atoms with Crippen LogP contribution >= 0.6 is 11.6 Å². The number of carbonyl (C=O) groups excluding carboxylic acids is 1. The first kappa shape index (κ1) is 9.00. The van der Waals surface area contributed by atoms with Crippen molar-refractivity contribution < 1.29 is 13.9 Å². The van der Waals surface area contributed by atoms with Crippen LogP contribution in [0, 0.1) is 5.82 Å². The molecule has 1 aromatic rings. The second kappa shape index (κ2) is 3.54. The van der Waals surface area contributed by atoms with Gasteiger partial charge in [-0.1, -0.05) is 11.6 Å². The minimum atomic E-state index is -0.535. The molecule has 0 atom stereocenters. The zero-order chi connectivity index (χ0) is 9.14. The smallest absolute Gasteiger partial charge is 0.308 e. The molecule has 0 bridgehead atoms. The van der Waals surface area contributed by atoms with Gasteiger partial charge in [-0.05, 0) is 12.1 Å². The van der Waals surface area contributed by atoms with Crippen LogP contribution in [0.1, 0.15) is 6.92 Å². The van der Waals surface area contributed by atoms with Gasteiger partial charge in [0.05, 0.1) is 5.02 Å². The van der Waals surface area contributed by atoms with E-state index < -0.39 is 11.8 Å². The molecule has 0 amide bonds. The van der Waals surface area contributed by atoms with Crippen LogP contribution in [0.3, 0.4) is 0 Å². The lowest BCUT2D eigenvalue weighted by Gasteiger charge is -2.00. The maximum absolute atomic E-state index is 12.6. The molecule has 2 nitrogen and oxygen atoms in total. The van der Waals surface area contributed by atoms with Crippen molar-refractivity contribution in [2.24, 2.45) is 0 Å². The molecule has 0 N–H and O–H groups in total. The minimum absolute atomic E-state index is 0.0613. The van der Waals surface area contributed by atoms with E-state index in [-0.39, 0.29) is 10.8 Å². The Kier molecular flexibility index (Phi) is 2.65. The number of carbonyl (C=O) groups is 1. The highest BCUT2D eigenvalue weighted by atomic mass is 35.5. The number of rotatable bonds is 1. The van der Waals surface area contributed by atoms with Gasteiger partial charge in [-0.15, -0.1) is 0 Å². The largest absolute Gasteiger partial charge is 0.427 e. The van der Waals surface area contributed by atoms with Crippen LogP contribution in [0.2, 0.25) is 5.02 Å². The summed E-state index contributed by atoms with van der Waals surface area (Å²) in [4.78, 5) is 10.5. The predicted molar refractivity (Wildman–Crippen MR) is 42.7 cm³/mol. The molecule has 4 heteroatoms. The second-order valence-electron chi connectivity index (χ2n) is 2.17. The van der Waals surface area contributed by atoms with E-state index in [1.165, 1.54) is 19.1 Å². The number of halogens is 2. The Hall–Kier alpha value is -1.09. The summed E-state index contributed by atoms with van der Waals surface area (Å²) in [6.45, 7) is 1.26. The molecule has 1 rings (SSSR count). The summed E-state index contributed by atoms with van der Waals surface area (Å²) in [7, 11) is 0. The standard InChI is InChI=1S/C8H6ClFO2/c1-5(11)12-6-2-3-8(10)7(9)4-6/h2-4H,1H3. The van der Waals surface area contributed by atoms with Crippen LogP contribution in [0.5, 0.6) is 5.75 Å². The van der Waals surface area contributed by atoms with Gasteiger partial charge in [-0.3, -0.25) is 4.79 Å². The Balaban J connectivity index is 2.89. The van der Waals surface area contributed by atoms with Crippen LogP contribution in [0.4, 0.5) is 4.39 Å². The molecule has 0 fully saturated rings. The van der Waals surface area contributed by atoms with E-state index in [4.69, 9.17) is 11.6 Å². The lowest BCUT2D eigenvalue weighted by molar-refractivity contribution is -0.131. The Morgan fingerprint density at radius 2 is 2.25 bits per heavy atom. The number of esters is 1. The molecule has 64 valence electrons. The molecule has 0 aliphatic rings. The van der Waals surface area contributed by atoms with Gasteiger partial charge in [0.1, 0.15) is 11.6 Å². The van der Waals surface area contributed by atoms with Gasteiger partial charge in [-0.2, -0.15) is 0 Å². The SMILES string of the molecule is CC(=O)Oc1ccc(F)c(Cl)c1. The molecule has 1 aromatic carbocycles. The van der Waals surface area contributed by atoms with Crippen LogP contribution in [0.15, 0.2) is 18.2 Å². The highest BCUT2D eigenvalue weighted by Crippen LogP contribution is 2.20. The summed E-state index contributed by atoms with van der Waals surface area (Å²) >= 11 is 5.43. The van der Waals surface area contributed by atoms with Crippen LogP contribution in [-0.2, 0) is 4.79 Å². The van der Waals surface area contributed by atoms with Crippen molar-refractivity contribution in [1.82, 2.24) is 0 Å². The minimum Gasteiger partial charge on any atom is -0.427 e. The molecular formula is C8H6ClFO2. The number of benzene rings is 1. The van der Waals surface area contributed by atoms with Gasteiger partial charge in [0, 0.05) is 13.0 Å². The lowest BCUT2D eigenvalue weighted by Crippen LogP contribution is -2.01. The number of hydrogen-bond donors (Lipinski definition) is 0. The van der Waals surface area contributed by atoms with Crippen molar-refractivity contribution in [3.8, 4) is 5.75 Å². The van der Waals surface area contributed by atoms with E-state index in [9.17, 15) is 9.18 Å². The van der Waals surface area contributed by atoms with E-state index >= 15 is 0 Å². The van der Waals surface area contributed by atoms with Crippen molar-refractivity contribution in [3.63, 3.8) is 0 Å². The maximum atomic E-state index is 12.6. The van der Waals surface area contributed by atoms with Gasteiger partial charge in [0.25, 0.3) is 0 Å². The molecule has 0 aliphatic heterocycles. The first-order chi connectivity index (χ1) is 5.59. The summed E-state index contributed by atoms with van der Waals surface area (Å²) in [5.74, 6) is -0.751. The van der Waals surface area contributed by atoms with Gasteiger partial charge in [0.2, 0.25) is 0 Å². The van der Waals surface area contributed by atoms with Gasteiger partial charge in [-0.25, -0.2) is 4.39 Å². The summed E-state index contributed by atoms with van der Waals surface area (Å²) in [6, 6.07) is 3.72. The van der Waals surface area contributed by atoms with E-state index in [1.54, 1.807) is 0 Å². The molecule has 0 spiro atoms. The summed E-state index contributed by atoms with van der Waals surface area (Å²) in [6.07, 6.45) is 0. The zero-order valence-corrected chi connectivity index (χ0v) is 7.06. The quantitative estimate of drug-likeness (QED) is 0.500. The number of ether oxygens (including phenoxy) is 1. The molecule has 0 heterocycles. The van der Waals surface area contributed by atoms with E-state index in [0.717, 1.165) is 6.07 Å². The van der Waals surface area contributed by atoms with Gasteiger partial charge >= 0.3 is 5.97 Å². The fraction of sp³-hybridized carbons (Fsp3) is 0.125. The Morgan fingerprint density at radius 1 is 1.58 bits per heavy atom. The Labute approximate surface area is 73.9 Å². The van der Waals surface area contributed by atoms with Crippen molar-refractivity contribution in [1.29, 1.82) is 0 Å². The van der Waals surface area contributed by atoms with Crippen LogP contribution in [0.25, 0.3) is 0 Å². The molecule has 0 saturated heterocycles. The monoisotopic (exact) mass is 188 g/mol. The van der Waals surface area contributed by atoms with E-state index in [1.807, 2.05) is 0 Å². The average Bonchev–Trinajstić information content (AvgIpc) is 1.96. The maximum Gasteiger partial charge on any atom is 0.308 e. The summed E-state index contributed by atoms with van der Waals surface area (Å²) < 4.78 is 17.2. The Morgan fingerprint density at radius 3 is 2.75 bits per heavy atom. The normalized spacial score (nSPS) is 9.58. The highest BCUT2D eigenvalue weighted by Gasteiger charge is 2.02. The second-order valence-corrected chi connectivity index (χ2v) is 2.58. The number of hydrogen-bond acceptors (Lipinski definition) is 2. The molecule has 12 heavy (non-hydrogen) atoms. The predicted octanol–water partition coefficient (Wildman–Crippen LogP) is 2.40. The molecular weight excluding hydrogens is 183 g/mol. The lowest BCUT2D eigenvalue weighted by atomic mass is 10.3. The fourth-order valence-electron chi connectivity index (χ4n) is 0.706. The topological polar surface area (TPSA) is 26.3 Å². The van der Waals surface area contributed by atoms with E-state index in [0.29, 0.717) is 0 Å². The molecule has 0 saturated carbocycles. The van der Waals surface area contributed by atoms with Crippen molar-refractivity contribution >= 4 is 17.6 Å². The van der Waals surface area contributed by atoms with Gasteiger partial charge in [0.15, 0.2) is 0 Å². The zero-order valence-electron chi connectivity index (χ0n) is 6.30. The highest BCUT2D eigenvalue weighted by molar-refractivity contribution is 6.30. The average molecular weight is 189 g/mol. The molecule has 0 aromatic heterocycles. The van der Waals surface area contributed by atoms with E-state index in [2.05, 4.69) is 4.74 Å². The van der Waals surface area contributed by atoms with Crippen LogP contribution < -0.4 is 4.74 Å². The first-order valence-corrected chi connectivity index (χ1v) is 3.61. The van der Waals surface area contributed by atoms with Crippen molar-refractivity contribution in [2.45, 2.75) is 6.92 Å². The molecule has 0 aliphatic carbocycles. The fourth-order valence-corrected chi connectivity index (χ4v) is 0.877. The third-order valence-corrected chi connectivity index (χ3v) is 1.44. The van der Waals surface area contributed by atoms with Gasteiger partial charge < -0.3 is 4.74 Å².